The highest BCUT2D eigenvalue weighted by atomic mass is 16.5. The van der Waals surface area contributed by atoms with Crippen molar-refractivity contribution in [2.75, 3.05) is 31.1 Å². The molecule has 1 amide bonds. The van der Waals surface area contributed by atoms with Crippen molar-refractivity contribution < 1.29 is 9.53 Å². The van der Waals surface area contributed by atoms with Gasteiger partial charge in [-0.3, -0.25) is 9.36 Å². The number of ether oxygens (including phenoxy) is 1. The highest BCUT2D eigenvalue weighted by molar-refractivity contribution is 5.73. The number of carbonyl (C=O) groups excluding carboxylic acids is 1. The zero-order valence-corrected chi connectivity index (χ0v) is 15.6. The lowest BCUT2D eigenvalue weighted by Gasteiger charge is -2.35. The Labute approximate surface area is 153 Å². The van der Waals surface area contributed by atoms with Crippen molar-refractivity contribution in [2.24, 2.45) is 5.73 Å². The molecule has 2 aromatic rings. The van der Waals surface area contributed by atoms with Gasteiger partial charge in [-0.05, 0) is 26.0 Å². The van der Waals surface area contributed by atoms with Crippen molar-refractivity contribution in [3.05, 3.63) is 30.1 Å². The molecule has 1 fully saturated rings. The second-order valence-corrected chi connectivity index (χ2v) is 6.47. The molecule has 0 aliphatic carbocycles. The Morgan fingerprint density at radius 1 is 1.27 bits per heavy atom. The predicted molar refractivity (Wildman–Crippen MR) is 99.3 cm³/mol. The van der Waals surface area contributed by atoms with Crippen molar-refractivity contribution in [2.45, 2.75) is 33.4 Å². The standard InChI is InChI=1S/C18H26N6O2/c1-4-24-17(13(2)19)20-21-18(24)26-16-7-5-6-15(12-16)23-10-8-22(9-11-23)14(3)25/h5-7,12-13H,4,8-11,19H2,1-3H3/t13-/m1/s1. The molecule has 1 aliphatic rings. The van der Waals surface area contributed by atoms with Crippen LogP contribution in [-0.2, 0) is 11.3 Å². The van der Waals surface area contributed by atoms with E-state index < -0.39 is 0 Å². The number of amides is 1. The van der Waals surface area contributed by atoms with Gasteiger partial charge in [-0.25, -0.2) is 0 Å². The van der Waals surface area contributed by atoms with Crippen molar-refractivity contribution in [3.63, 3.8) is 0 Å². The van der Waals surface area contributed by atoms with E-state index in [9.17, 15) is 4.79 Å². The van der Waals surface area contributed by atoms with Crippen molar-refractivity contribution in [1.82, 2.24) is 19.7 Å². The van der Waals surface area contributed by atoms with Crippen molar-refractivity contribution >= 4 is 11.6 Å². The van der Waals surface area contributed by atoms with Gasteiger partial charge in [0.25, 0.3) is 0 Å². The first-order valence-electron chi connectivity index (χ1n) is 8.96. The third kappa shape index (κ3) is 3.80. The Morgan fingerprint density at radius 2 is 2.00 bits per heavy atom. The maximum Gasteiger partial charge on any atom is 0.322 e. The topological polar surface area (TPSA) is 89.5 Å². The maximum absolute atomic E-state index is 11.5. The lowest BCUT2D eigenvalue weighted by atomic mass is 10.2. The fraction of sp³-hybridized carbons (Fsp3) is 0.500. The summed E-state index contributed by atoms with van der Waals surface area (Å²) in [4.78, 5) is 15.6. The van der Waals surface area contributed by atoms with Crippen LogP contribution in [0.4, 0.5) is 5.69 Å². The zero-order chi connectivity index (χ0) is 18.7. The highest BCUT2D eigenvalue weighted by Crippen LogP contribution is 2.27. The average molecular weight is 358 g/mol. The molecule has 1 saturated heterocycles. The maximum atomic E-state index is 11.5. The van der Waals surface area contributed by atoms with E-state index in [1.165, 1.54) is 0 Å². The summed E-state index contributed by atoms with van der Waals surface area (Å²) in [6.07, 6.45) is 0. The molecule has 0 saturated carbocycles. The molecule has 140 valence electrons. The van der Waals surface area contributed by atoms with Crippen LogP contribution in [0.15, 0.2) is 24.3 Å². The molecular formula is C18H26N6O2. The van der Waals surface area contributed by atoms with E-state index in [1.807, 2.05) is 47.6 Å². The largest absolute Gasteiger partial charge is 0.424 e. The van der Waals surface area contributed by atoms with Gasteiger partial charge < -0.3 is 20.3 Å². The minimum atomic E-state index is -0.205. The van der Waals surface area contributed by atoms with E-state index in [2.05, 4.69) is 15.1 Å². The fourth-order valence-corrected chi connectivity index (χ4v) is 3.14. The van der Waals surface area contributed by atoms with Gasteiger partial charge in [0.2, 0.25) is 5.91 Å². The van der Waals surface area contributed by atoms with E-state index in [0.29, 0.717) is 24.1 Å². The summed E-state index contributed by atoms with van der Waals surface area (Å²) in [6.45, 7) is 9.28. The van der Waals surface area contributed by atoms with Gasteiger partial charge in [0, 0.05) is 51.4 Å². The van der Waals surface area contributed by atoms with Crippen LogP contribution in [0.1, 0.15) is 32.6 Å². The number of nitrogens with zero attached hydrogens (tertiary/aromatic N) is 5. The number of hydrogen-bond donors (Lipinski definition) is 1. The van der Waals surface area contributed by atoms with Gasteiger partial charge in [-0.15, -0.1) is 5.10 Å². The Hall–Kier alpha value is -2.61. The van der Waals surface area contributed by atoms with Gasteiger partial charge in [-0.1, -0.05) is 11.2 Å². The third-order valence-corrected chi connectivity index (χ3v) is 4.59. The van der Waals surface area contributed by atoms with Crippen LogP contribution < -0.4 is 15.4 Å². The molecule has 0 radical (unpaired) electrons. The molecule has 3 rings (SSSR count). The van der Waals surface area contributed by atoms with Crippen LogP contribution >= 0.6 is 0 Å². The number of hydrogen-bond acceptors (Lipinski definition) is 6. The molecule has 0 spiro atoms. The molecule has 2 heterocycles. The number of aromatic nitrogens is 3. The van der Waals surface area contributed by atoms with E-state index >= 15 is 0 Å². The lowest BCUT2D eigenvalue weighted by molar-refractivity contribution is -0.129. The van der Waals surface area contributed by atoms with Gasteiger partial charge in [0.1, 0.15) is 5.75 Å². The molecule has 1 aromatic heterocycles. The number of piperazine rings is 1. The number of benzene rings is 1. The van der Waals surface area contributed by atoms with Crippen LogP contribution in [0.3, 0.4) is 0 Å². The first-order valence-corrected chi connectivity index (χ1v) is 8.96. The minimum absolute atomic E-state index is 0.130. The van der Waals surface area contributed by atoms with Crippen LogP contribution in [0.2, 0.25) is 0 Å². The number of rotatable bonds is 5. The Balaban J connectivity index is 1.73. The van der Waals surface area contributed by atoms with Gasteiger partial charge in [0.05, 0.1) is 6.04 Å². The molecular weight excluding hydrogens is 332 g/mol. The van der Waals surface area contributed by atoms with Crippen LogP contribution in [0.25, 0.3) is 0 Å². The number of nitrogens with two attached hydrogens (primary N) is 1. The Morgan fingerprint density at radius 3 is 2.62 bits per heavy atom. The van der Waals surface area contributed by atoms with Crippen LogP contribution in [0.5, 0.6) is 11.8 Å². The van der Waals surface area contributed by atoms with E-state index in [4.69, 9.17) is 10.5 Å². The first kappa shape index (κ1) is 18.2. The monoisotopic (exact) mass is 358 g/mol. The third-order valence-electron chi connectivity index (χ3n) is 4.59. The average Bonchev–Trinajstić information content (AvgIpc) is 3.05. The molecule has 8 nitrogen and oxygen atoms in total. The van der Waals surface area contributed by atoms with E-state index in [-0.39, 0.29) is 11.9 Å². The van der Waals surface area contributed by atoms with E-state index in [1.54, 1.807) is 6.92 Å². The number of anilines is 1. The quantitative estimate of drug-likeness (QED) is 0.876. The Kier molecular flexibility index (Phi) is 5.41. The molecule has 1 atom stereocenters. The summed E-state index contributed by atoms with van der Waals surface area (Å²) in [5.41, 5.74) is 7.01. The van der Waals surface area contributed by atoms with Crippen LogP contribution in [0, 0.1) is 0 Å². The van der Waals surface area contributed by atoms with Crippen molar-refractivity contribution in [3.8, 4) is 11.8 Å². The smallest absolute Gasteiger partial charge is 0.322 e. The second-order valence-electron chi connectivity index (χ2n) is 6.47. The summed E-state index contributed by atoms with van der Waals surface area (Å²) in [5.74, 6) is 1.54. The first-order chi connectivity index (χ1) is 12.5. The summed E-state index contributed by atoms with van der Waals surface area (Å²) < 4.78 is 7.84. The lowest BCUT2D eigenvalue weighted by Crippen LogP contribution is -2.48. The van der Waals surface area contributed by atoms with Crippen LogP contribution in [-0.4, -0.2) is 51.8 Å². The SMILES string of the molecule is CCn1c(Oc2cccc(N3CCN(C(C)=O)CC3)c2)nnc1[C@@H](C)N. The Bertz CT molecular complexity index is 765. The van der Waals surface area contributed by atoms with Crippen molar-refractivity contribution in [1.29, 1.82) is 0 Å². The molecule has 0 bridgehead atoms. The normalized spacial score (nSPS) is 15.8. The molecule has 26 heavy (non-hydrogen) atoms. The van der Waals surface area contributed by atoms with Gasteiger partial charge in [0.15, 0.2) is 5.82 Å². The second kappa shape index (κ2) is 7.74. The minimum Gasteiger partial charge on any atom is -0.424 e. The zero-order valence-electron chi connectivity index (χ0n) is 15.6. The fourth-order valence-electron chi connectivity index (χ4n) is 3.14. The summed E-state index contributed by atoms with van der Waals surface area (Å²) >= 11 is 0. The number of carbonyl (C=O) groups is 1. The van der Waals surface area contributed by atoms with E-state index in [0.717, 1.165) is 31.9 Å². The molecule has 1 aromatic carbocycles. The summed E-state index contributed by atoms with van der Waals surface area (Å²) in [5, 5.41) is 8.26. The predicted octanol–water partition coefficient (Wildman–Crippen LogP) is 1.78. The highest BCUT2D eigenvalue weighted by Gasteiger charge is 2.20. The molecule has 0 unspecified atom stereocenters. The van der Waals surface area contributed by atoms with Gasteiger partial charge in [-0.2, -0.15) is 0 Å². The summed E-state index contributed by atoms with van der Waals surface area (Å²) in [7, 11) is 0. The van der Waals surface area contributed by atoms with Gasteiger partial charge >= 0.3 is 6.01 Å². The molecule has 2 N–H and O–H groups in total. The molecule has 8 heteroatoms. The molecule has 1 aliphatic heterocycles. The summed E-state index contributed by atoms with van der Waals surface area (Å²) in [6, 6.07) is 8.14.